The fourth-order valence-electron chi connectivity index (χ4n) is 1.77. The van der Waals surface area contributed by atoms with E-state index in [9.17, 15) is 0 Å². The number of nitrogens with zero attached hydrogens (tertiary/aromatic N) is 3. The lowest BCUT2D eigenvalue weighted by Crippen LogP contribution is -2.02. The molecule has 0 saturated heterocycles. The molecule has 0 aliphatic rings. The summed E-state index contributed by atoms with van der Waals surface area (Å²) >= 11 is 3.47. The second-order valence-electron chi connectivity index (χ2n) is 4.26. The molecule has 1 heterocycles. The number of para-hydroxylation sites is 2. The van der Waals surface area contributed by atoms with E-state index < -0.39 is 0 Å². The van der Waals surface area contributed by atoms with Gasteiger partial charge in [-0.3, -0.25) is 0 Å². The van der Waals surface area contributed by atoms with Crippen LogP contribution in [0, 0.1) is 0 Å². The Morgan fingerprint density at radius 2 is 1.62 bits per heavy atom. The largest absolute Gasteiger partial charge is 0.339 e. The lowest BCUT2D eigenvalue weighted by molar-refractivity contribution is 0.982. The second kappa shape index (κ2) is 6.32. The minimum atomic E-state index is 0.433. The van der Waals surface area contributed by atoms with Crippen molar-refractivity contribution in [3.63, 3.8) is 0 Å². The molecule has 104 valence electrons. The minimum Gasteiger partial charge on any atom is -0.339 e. The van der Waals surface area contributed by atoms with Gasteiger partial charge in [0.1, 0.15) is 0 Å². The first-order valence-electron chi connectivity index (χ1n) is 6.34. The Labute approximate surface area is 130 Å². The maximum atomic E-state index is 4.39. The third-order valence-corrected chi connectivity index (χ3v) is 3.42. The SMILES string of the molecule is Brc1ccccc1Nc1nncc(Nc2ccccc2)n1. The van der Waals surface area contributed by atoms with Gasteiger partial charge in [-0.15, -0.1) is 5.10 Å². The van der Waals surface area contributed by atoms with Crippen molar-refractivity contribution in [1.82, 2.24) is 15.2 Å². The van der Waals surface area contributed by atoms with Crippen molar-refractivity contribution in [2.75, 3.05) is 10.6 Å². The fourth-order valence-corrected chi connectivity index (χ4v) is 2.15. The second-order valence-corrected chi connectivity index (χ2v) is 5.12. The van der Waals surface area contributed by atoms with Crippen LogP contribution in [0.15, 0.2) is 65.3 Å². The molecule has 2 N–H and O–H groups in total. The van der Waals surface area contributed by atoms with Crippen LogP contribution in [0.3, 0.4) is 0 Å². The number of hydrogen-bond donors (Lipinski definition) is 2. The molecule has 0 aliphatic heterocycles. The fraction of sp³-hybridized carbons (Fsp3) is 0. The van der Waals surface area contributed by atoms with Gasteiger partial charge in [-0.2, -0.15) is 10.1 Å². The maximum Gasteiger partial charge on any atom is 0.249 e. The topological polar surface area (TPSA) is 62.7 Å². The molecule has 2 aromatic carbocycles. The van der Waals surface area contributed by atoms with Crippen LogP contribution < -0.4 is 10.6 Å². The molecular formula is C15H12BrN5. The summed E-state index contributed by atoms with van der Waals surface area (Å²) in [5.41, 5.74) is 1.83. The Bertz CT molecular complexity index is 733. The standard InChI is InChI=1S/C15H12BrN5/c16-12-8-4-5-9-13(12)19-15-20-14(10-17-21-15)18-11-6-2-1-3-7-11/h1-10H,(H2,18,19,20,21). The van der Waals surface area contributed by atoms with E-state index in [2.05, 4.69) is 41.7 Å². The number of nitrogens with one attached hydrogen (secondary N) is 2. The monoisotopic (exact) mass is 341 g/mol. The molecule has 3 rings (SSSR count). The van der Waals surface area contributed by atoms with Gasteiger partial charge < -0.3 is 10.6 Å². The average molecular weight is 342 g/mol. The van der Waals surface area contributed by atoms with E-state index >= 15 is 0 Å². The van der Waals surface area contributed by atoms with E-state index in [0.29, 0.717) is 11.8 Å². The zero-order chi connectivity index (χ0) is 14.5. The van der Waals surface area contributed by atoms with Crippen molar-refractivity contribution in [3.05, 3.63) is 65.3 Å². The molecule has 0 unspecified atom stereocenters. The molecule has 0 saturated carbocycles. The zero-order valence-corrected chi connectivity index (χ0v) is 12.6. The lowest BCUT2D eigenvalue weighted by Gasteiger charge is -2.08. The van der Waals surface area contributed by atoms with Gasteiger partial charge in [-0.25, -0.2) is 0 Å². The molecule has 0 amide bonds. The zero-order valence-electron chi connectivity index (χ0n) is 11.0. The van der Waals surface area contributed by atoms with Crippen LogP contribution in [-0.4, -0.2) is 15.2 Å². The van der Waals surface area contributed by atoms with Gasteiger partial charge in [0, 0.05) is 10.2 Å². The van der Waals surface area contributed by atoms with Crippen LogP contribution >= 0.6 is 15.9 Å². The molecule has 1 aromatic heterocycles. The molecule has 5 nitrogen and oxygen atoms in total. The minimum absolute atomic E-state index is 0.433. The average Bonchev–Trinajstić information content (AvgIpc) is 2.51. The van der Waals surface area contributed by atoms with Crippen molar-refractivity contribution in [2.45, 2.75) is 0 Å². The Hall–Kier alpha value is -2.47. The van der Waals surface area contributed by atoms with E-state index in [-0.39, 0.29) is 0 Å². The van der Waals surface area contributed by atoms with Crippen LogP contribution in [-0.2, 0) is 0 Å². The van der Waals surface area contributed by atoms with E-state index in [4.69, 9.17) is 0 Å². The number of rotatable bonds is 4. The van der Waals surface area contributed by atoms with Crippen molar-refractivity contribution in [1.29, 1.82) is 0 Å². The predicted molar refractivity (Wildman–Crippen MR) is 87.0 cm³/mol. The van der Waals surface area contributed by atoms with Gasteiger partial charge in [-0.1, -0.05) is 30.3 Å². The van der Waals surface area contributed by atoms with E-state index in [1.807, 2.05) is 54.6 Å². The predicted octanol–water partition coefficient (Wildman–Crippen LogP) is 4.12. The van der Waals surface area contributed by atoms with Gasteiger partial charge in [0.25, 0.3) is 0 Å². The Kier molecular flexibility index (Phi) is 4.07. The molecule has 0 fully saturated rings. The van der Waals surface area contributed by atoms with Crippen LogP contribution in [0.4, 0.5) is 23.1 Å². The van der Waals surface area contributed by atoms with Gasteiger partial charge >= 0.3 is 0 Å². The number of halogens is 1. The van der Waals surface area contributed by atoms with Crippen molar-refractivity contribution in [3.8, 4) is 0 Å². The highest BCUT2D eigenvalue weighted by atomic mass is 79.9. The number of anilines is 4. The number of aromatic nitrogens is 3. The Balaban J connectivity index is 1.79. The molecule has 0 bridgehead atoms. The van der Waals surface area contributed by atoms with Crippen LogP contribution in [0.1, 0.15) is 0 Å². The summed E-state index contributed by atoms with van der Waals surface area (Å²) in [7, 11) is 0. The van der Waals surface area contributed by atoms with E-state index in [0.717, 1.165) is 15.8 Å². The Morgan fingerprint density at radius 1 is 0.857 bits per heavy atom. The van der Waals surface area contributed by atoms with Gasteiger partial charge in [-0.05, 0) is 40.2 Å². The number of hydrogen-bond acceptors (Lipinski definition) is 5. The smallest absolute Gasteiger partial charge is 0.249 e. The summed E-state index contributed by atoms with van der Waals surface area (Å²) in [5.74, 6) is 1.06. The van der Waals surface area contributed by atoms with Crippen LogP contribution in [0.5, 0.6) is 0 Å². The van der Waals surface area contributed by atoms with Crippen LogP contribution in [0.2, 0.25) is 0 Å². The molecule has 3 aromatic rings. The maximum absolute atomic E-state index is 4.39. The molecule has 0 atom stereocenters. The lowest BCUT2D eigenvalue weighted by atomic mass is 10.3. The molecule has 0 spiro atoms. The first kappa shape index (κ1) is 13.5. The molecule has 0 radical (unpaired) electrons. The Morgan fingerprint density at radius 3 is 2.43 bits per heavy atom. The summed E-state index contributed by atoms with van der Waals surface area (Å²) in [6, 6.07) is 17.6. The van der Waals surface area contributed by atoms with Crippen molar-refractivity contribution < 1.29 is 0 Å². The summed E-state index contributed by atoms with van der Waals surface area (Å²) in [6.45, 7) is 0. The summed E-state index contributed by atoms with van der Waals surface area (Å²) < 4.78 is 0.940. The highest BCUT2D eigenvalue weighted by Gasteiger charge is 2.04. The third kappa shape index (κ3) is 3.55. The molecule has 6 heteroatoms. The van der Waals surface area contributed by atoms with Gasteiger partial charge in [0.2, 0.25) is 5.95 Å². The summed E-state index contributed by atoms with van der Waals surface area (Å²) in [4.78, 5) is 4.39. The van der Waals surface area contributed by atoms with Crippen molar-refractivity contribution >= 4 is 39.1 Å². The number of benzene rings is 2. The quantitative estimate of drug-likeness (QED) is 0.747. The summed E-state index contributed by atoms with van der Waals surface area (Å²) in [5, 5.41) is 14.2. The molecule has 21 heavy (non-hydrogen) atoms. The van der Waals surface area contributed by atoms with Crippen molar-refractivity contribution in [2.24, 2.45) is 0 Å². The highest BCUT2D eigenvalue weighted by molar-refractivity contribution is 9.10. The van der Waals surface area contributed by atoms with Gasteiger partial charge in [0.15, 0.2) is 5.82 Å². The third-order valence-electron chi connectivity index (χ3n) is 2.73. The van der Waals surface area contributed by atoms with E-state index in [1.165, 1.54) is 0 Å². The first-order valence-corrected chi connectivity index (χ1v) is 7.14. The highest BCUT2D eigenvalue weighted by Crippen LogP contribution is 2.24. The normalized spacial score (nSPS) is 10.1. The first-order chi connectivity index (χ1) is 10.3. The molecular weight excluding hydrogens is 330 g/mol. The summed E-state index contributed by atoms with van der Waals surface area (Å²) in [6.07, 6.45) is 1.58. The van der Waals surface area contributed by atoms with E-state index in [1.54, 1.807) is 6.20 Å². The van der Waals surface area contributed by atoms with Crippen LogP contribution in [0.25, 0.3) is 0 Å². The van der Waals surface area contributed by atoms with Gasteiger partial charge in [0.05, 0.1) is 11.9 Å². The molecule has 0 aliphatic carbocycles.